The number of fused-ring (bicyclic) bond motifs is 1. The summed E-state index contributed by atoms with van der Waals surface area (Å²) in [6, 6.07) is 20.4. The quantitative estimate of drug-likeness (QED) is 0.443. The number of carbonyl (C=O) groups excluding carboxylic acids is 1. The van der Waals surface area contributed by atoms with Crippen LogP contribution in [-0.2, 0) is 22.7 Å². The van der Waals surface area contributed by atoms with Crippen LogP contribution in [0.25, 0.3) is 0 Å². The van der Waals surface area contributed by atoms with Crippen molar-refractivity contribution in [3.05, 3.63) is 87.9 Å². The molecule has 1 aliphatic heterocycles. The molecule has 1 amide bonds. The van der Waals surface area contributed by atoms with Gasteiger partial charge in [-0.15, -0.1) is 0 Å². The molecule has 1 aliphatic rings. The summed E-state index contributed by atoms with van der Waals surface area (Å²) >= 11 is 12.5. The molecule has 0 saturated heterocycles. The highest BCUT2D eigenvalue weighted by Crippen LogP contribution is 2.38. The van der Waals surface area contributed by atoms with Crippen LogP contribution in [-0.4, -0.2) is 36.0 Å². The Bertz CT molecular complexity index is 1270. The summed E-state index contributed by atoms with van der Waals surface area (Å²) in [5.74, 6) is 0.671. The number of halogens is 2. The lowest BCUT2D eigenvalue weighted by Gasteiger charge is -2.42. The lowest BCUT2D eigenvalue weighted by atomic mass is 10.1. The lowest BCUT2D eigenvalue weighted by molar-refractivity contribution is -0.131. The van der Waals surface area contributed by atoms with E-state index >= 15 is 0 Å². The first-order chi connectivity index (χ1) is 16.8. The molecule has 7 nitrogen and oxygen atoms in total. The smallest absolute Gasteiger partial charge is 0.238 e. The van der Waals surface area contributed by atoms with E-state index in [1.165, 1.54) is 4.90 Å². The van der Waals surface area contributed by atoms with Gasteiger partial charge in [0.05, 0.1) is 17.9 Å². The van der Waals surface area contributed by atoms with Crippen LogP contribution in [0.3, 0.4) is 0 Å². The number of hydrogen-bond donors (Lipinski definition) is 2. The highest BCUT2D eigenvalue weighted by atomic mass is 35.5. The molecule has 1 unspecified atom stereocenters. The monoisotopic (exact) mass is 512 g/mol. The molecule has 0 fully saturated rings. The minimum Gasteiger partial charge on any atom is -0.489 e. The van der Waals surface area contributed by atoms with Gasteiger partial charge in [0, 0.05) is 34.3 Å². The second kappa shape index (κ2) is 10.6. The number of amides is 1. The van der Waals surface area contributed by atoms with E-state index in [1.807, 2.05) is 67.6 Å². The third-order valence-electron chi connectivity index (χ3n) is 5.88. The molecule has 0 aliphatic carbocycles. The average Bonchev–Trinajstić information content (AvgIpc) is 2.86. The maximum absolute atomic E-state index is 12.6. The minimum absolute atomic E-state index is 0.153. The lowest BCUT2D eigenvalue weighted by Crippen LogP contribution is -2.61. The highest BCUT2D eigenvalue weighted by molar-refractivity contribution is 6.31. The van der Waals surface area contributed by atoms with Crippen LogP contribution < -0.4 is 15.8 Å². The standard InChI is InChI=1S/C26H26Cl2N4O3/c1-26(32(2)24(33)14-29)25(35-16-18-8-4-6-10-21(18)28)30-22-12-11-19(13-23(22)31-26)34-15-17-7-3-5-9-20(17)27/h3-13,31H,14-16,29H2,1-2H3. The van der Waals surface area contributed by atoms with Gasteiger partial charge >= 0.3 is 0 Å². The molecule has 0 saturated carbocycles. The molecule has 1 atom stereocenters. The Morgan fingerprint density at radius 2 is 1.60 bits per heavy atom. The number of nitrogens with zero attached hydrogens (tertiary/aromatic N) is 2. The Morgan fingerprint density at radius 1 is 1.00 bits per heavy atom. The maximum Gasteiger partial charge on any atom is 0.238 e. The third-order valence-corrected chi connectivity index (χ3v) is 6.62. The van der Waals surface area contributed by atoms with Crippen molar-refractivity contribution in [2.45, 2.75) is 25.8 Å². The fourth-order valence-electron chi connectivity index (χ4n) is 3.66. The summed E-state index contributed by atoms with van der Waals surface area (Å²) in [4.78, 5) is 18.8. The van der Waals surface area contributed by atoms with Crippen molar-refractivity contribution >= 4 is 46.4 Å². The van der Waals surface area contributed by atoms with Gasteiger partial charge in [-0.3, -0.25) is 4.79 Å². The van der Waals surface area contributed by atoms with Crippen LogP contribution in [0.5, 0.6) is 5.75 Å². The molecular weight excluding hydrogens is 487 g/mol. The number of hydrogen-bond acceptors (Lipinski definition) is 6. The summed E-state index contributed by atoms with van der Waals surface area (Å²) < 4.78 is 12.1. The molecule has 0 radical (unpaired) electrons. The average molecular weight is 513 g/mol. The van der Waals surface area contributed by atoms with Gasteiger partial charge in [-0.1, -0.05) is 59.6 Å². The van der Waals surface area contributed by atoms with Gasteiger partial charge in [0.1, 0.15) is 19.0 Å². The zero-order chi connectivity index (χ0) is 25.0. The van der Waals surface area contributed by atoms with E-state index in [1.54, 1.807) is 13.1 Å². The van der Waals surface area contributed by atoms with Gasteiger partial charge in [0.15, 0.2) is 5.66 Å². The summed E-state index contributed by atoms with van der Waals surface area (Å²) in [5, 5.41) is 4.62. The summed E-state index contributed by atoms with van der Waals surface area (Å²) in [6.45, 7) is 2.16. The number of benzene rings is 3. The second-order valence-electron chi connectivity index (χ2n) is 8.21. The van der Waals surface area contributed by atoms with Gasteiger partial charge in [0.2, 0.25) is 11.8 Å². The molecule has 3 N–H and O–H groups in total. The maximum atomic E-state index is 12.6. The molecule has 182 valence electrons. The zero-order valence-electron chi connectivity index (χ0n) is 19.4. The first-order valence-electron chi connectivity index (χ1n) is 11.0. The summed E-state index contributed by atoms with van der Waals surface area (Å²) in [5.41, 5.74) is 7.58. The van der Waals surface area contributed by atoms with E-state index in [9.17, 15) is 4.79 Å². The van der Waals surface area contributed by atoms with Crippen LogP contribution in [0.1, 0.15) is 18.1 Å². The fraction of sp³-hybridized carbons (Fsp3) is 0.231. The largest absolute Gasteiger partial charge is 0.489 e. The summed E-state index contributed by atoms with van der Waals surface area (Å²) in [6.07, 6.45) is 0. The van der Waals surface area contributed by atoms with Crippen LogP contribution in [0.15, 0.2) is 71.7 Å². The Balaban J connectivity index is 1.62. The van der Waals surface area contributed by atoms with E-state index in [0.29, 0.717) is 39.7 Å². The molecule has 3 aromatic rings. The minimum atomic E-state index is -1.09. The van der Waals surface area contributed by atoms with Crippen LogP contribution in [0.2, 0.25) is 10.0 Å². The molecule has 35 heavy (non-hydrogen) atoms. The van der Waals surface area contributed by atoms with Crippen molar-refractivity contribution in [1.82, 2.24) is 4.90 Å². The van der Waals surface area contributed by atoms with E-state index in [2.05, 4.69) is 5.32 Å². The van der Waals surface area contributed by atoms with Crippen LogP contribution in [0.4, 0.5) is 11.4 Å². The zero-order valence-corrected chi connectivity index (χ0v) is 20.9. The number of nitrogens with one attached hydrogen (secondary N) is 1. The van der Waals surface area contributed by atoms with Crippen molar-refractivity contribution < 1.29 is 14.3 Å². The van der Waals surface area contributed by atoms with E-state index in [0.717, 1.165) is 11.1 Å². The SMILES string of the molecule is CN(C(=O)CN)C1(C)Nc2cc(OCc3ccccc3Cl)ccc2N=C1OCc1ccccc1Cl. The molecule has 1 heterocycles. The molecule has 9 heteroatoms. The van der Waals surface area contributed by atoms with Crippen molar-refractivity contribution in [3.8, 4) is 5.75 Å². The van der Waals surface area contributed by atoms with Crippen LogP contribution in [0, 0.1) is 0 Å². The number of nitrogens with two attached hydrogens (primary N) is 1. The van der Waals surface area contributed by atoms with Gasteiger partial charge < -0.3 is 25.4 Å². The Morgan fingerprint density at radius 3 is 2.20 bits per heavy atom. The Hall–Kier alpha value is -3.26. The predicted molar refractivity (Wildman–Crippen MR) is 139 cm³/mol. The van der Waals surface area contributed by atoms with Crippen LogP contribution >= 0.6 is 23.2 Å². The van der Waals surface area contributed by atoms with Crippen molar-refractivity contribution in [2.24, 2.45) is 10.7 Å². The molecule has 0 aromatic heterocycles. The van der Waals surface area contributed by atoms with E-state index < -0.39 is 5.66 Å². The topological polar surface area (TPSA) is 89.2 Å². The number of likely N-dealkylation sites (N-methyl/N-ethyl adjacent to an activating group) is 1. The van der Waals surface area contributed by atoms with Gasteiger partial charge in [-0.25, -0.2) is 4.99 Å². The number of rotatable bonds is 7. The predicted octanol–water partition coefficient (Wildman–Crippen LogP) is 5.38. The van der Waals surface area contributed by atoms with Crippen molar-refractivity contribution in [2.75, 3.05) is 18.9 Å². The molecule has 3 aromatic carbocycles. The second-order valence-corrected chi connectivity index (χ2v) is 9.02. The molecule has 0 spiro atoms. The Labute approximate surface area is 214 Å². The first kappa shape index (κ1) is 24.9. The number of ether oxygens (including phenoxy) is 2. The molecular formula is C26H26Cl2N4O3. The number of aliphatic imine (C=N–C) groups is 1. The van der Waals surface area contributed by atoms with Gasteiger partial charge in [-0.05, 0) is 31.2 Å². The number of carbonyl (C=O) groups is 1. The first-order valence-corrected chi connectivity index (χ1v) is 11.8. The molecule has 0 bridgehead atoms. The fourth-order valence-corrected chi connectivity index (χ4v) is 4.04. The number of anilines is 1. The highest BCUT2D eigenvalue weighted by Gasteiger charge is 2.42. The Kier molecular flexibility index (Phi) is 7.50. The normalized spacial score (nSPS) is 16.5. The van der Waals surface area contributed by atoms with Crippen molar-refractivity contribution in [3.63, 3.8) is 0 Å². The van der Waals surface area contributed by atoms with Gasteiger partial charge in [0.25, 0.3) is 0 Å². The summed E-state index contributed by atoms with van der Waals surface area (Å²) in [7, 11) is 1.65. The van der Waals surface area contributed by atoms with E-state index in [4.69, 9.17) is 43.4 Å². The van der Waals surface area contributed by atoms with E-state index in [-0.39, 0.29) is 19.1 Å². The van der Waals surface area contributed by atoms with Crippen molar-refractivity contribution in [1.29, 1.82) is 0 Å². The third kappa shape index (κ3) is 5.37. The van der Waals surface area contributed by atoms with Gasteiger partial charge in [-0.2, -0.15) is 0 Å². The molecule has 4 rings (SSSR count).